The molecule has 0 saturated heterocycles. The van der Waals surface area contributed by atoms with Gasteiger partial charge < -0.3 is 10.6 Å². The minimum Gasteiger partial charge on any atom is -0.371 e. The van der Waals surface area contributed by atoms with Gasteiger partial charge in [0.1, 0.15) is 0 Å². The number of nitrogens with zero attached hydrogens (tertiary/aromatic N) is 1. The largest absolute Gasteiger partial charge is 0.371 e. The Bertz CT molecular complexity index is 429. The molecular weight excluding hydrogens is 232 g/mol. The number of para-hydroxylation sites is 1. The minimum atomic E-state index is 0.408. The third-order valence-electron chi connectivity index (χ3n) is 4.96. The lowest BCUT2D eigenvalue weighted by Gasteiger charge is -2.39. The molecule has 0 aromatic heterocycles. The van der Waals surface area contributed by atoms with Crippen molar-refractivity contribution in [1.82, 2.24) is 0 Å². The average Bonchev–Trinajstić information content (AvgIpc) is 2.43. The van der Waals surface area contributed by atoms with Crippen LogP contribution < -0.4 is 10.6 Å². The molecule has 0 amide bonds. The molecule has 1 aromatic carbocycles. The van der Waals surface area contributed by atoms with Gasteiger partial charge in [-0.3, -0.25) is 0 Å². The zero-order valence-corrected chi connectivity index (χ0v) is 12.0. The topological polar surface area (TPSA) is 29.3 Å². The summed E-state index contributed by atoms with van der Waals surface area (Å²) in [6.45, 7) is 4.74. The Morgan fingerprint density at radius 2 is 2.11 bits per heavy atom. The number of rotatable bonds is 2. The Balaban J connectivity index is 1.73. The van der Waals surface area contributed by atoms with Crippen molar-refractivity contribution in [3.63, 3.8) is 0 Å². The second-order valence-corrected chi connectivity index (χ2v) is 6.52. The fourth-order valence-electron chi connectivity index (χ4n) is 3.82. The molecule has 2 heteroatoms. The van der Waals surface area contributed by atoms with Crippen LogP contribution in [-0.4, -0.2) is 19.1 Å². The van der Waals surface area contributed by atoms with E-state index in [0.717, 1.165) is 12.5 Å². The van der Waals surface area contributed by atoms with Gasteiger partial charge >= 0.3 is 0 Å². The molecule has 1 heterocycles. The van der Waals surface area contributed by atoms with E-state index in [1.54, 1.807) is 0 Å². The lowest BCUT2D eigenvalue weighted by molar-refractivity contribution is 0.247. The van der Waals surface area contributed by atoms with Crippen LogP contribution in [0.2, 0.25) is 0 Å². The van der Waals surface area contributed by atoms with Crippen LogP contribution in [0.4, 0.5) is 5.69 Å². The Morgan fingerprint density at radius 1 is 1.26 bits per heavy atom. The van der Waals surface area contributed by atoms with Crippen LogP contribution in [0.25, 0.3) is 0 Å². The van der Waals surface area contributed by atoms with Gasteiger partial charge in [0.05, 0.1) is 0 Å². The number of nitrogens with two attached hydrogens (primary N) is 1. The number of benzene rings is 1. The summed E-state index contributed by atoms with van der Waals surface area (Å²) in [6.07, 6.45) is 6.35. The van der Waals surface area contributed by atoms with Crippen LogP contribution in [0.5, 0.6) is 0 Å². The van der Waals surface area contributed by atoms with Crippen molar-refractivity contribution in [2.75, 3.05) is 18.0 Å². The van der Waals surface area contributed by atoms with Crippen molar-refractivity contribution in [1.29, 1.82) is 0 Å². The van der Waals surface area contributed by atoms with Gasteiger partial charge in [-0.05, 0) is 55.6 Å². The van der Waals surface area contributed by atoms with E-state index in [-0.39, 0.29) is 0 Å². The van der Waals surface area contributed by atoms with E-state index < -0.39 is 0 Å². The molecule has 2 nitrogen and oxygen atoms in total. The van der Waals surface area contributed by atoms with E-state index in [4.69, 9.17) is 5.73 Å². The van der Waals surface area contributed by atoms with E-state index >= 15 is 0 Å². The van der Waals surface area contributed by atoms with Crippen molar-refractivity contribution in [2.24, 2.45) is 17.6 Å². The molecule has 1 aliphatic carbocycles. The third kappa shape index (κ3) is 2.79. The van der Waals surface area contributed by atoms with Gasteiger partial charge in [-0.1, -0.05) is 25.1 Å². The van der Waals surface area contributed by atoms with E-state index in [1.807, 2.05) is 0 Å². The lowest BCUT2D eigenvalue weighted by atomic mass is 9.78. The quantitative estimate of drug-likeness (QED) is 0.882. The molecule has 1 fully saturated rings. The highest BCUT2D eigenvalue weighted by Gasteiger charge is 2.28. The molecule has 0 spiro atoms. The monoisotopic (exact) mass is 258 g/mol. The number of hydrogen-bond acceptors (Lipinski definition) is 2. The summed E-state index contributed by atoms with van der Waals surface area (Å²) in [4.78, 5) is 2.58. The summed E-state index contributed by atoms with van der Waals surface area (Å²) in [5.74, 6) is 1.53. The highest BCUT2D eigenvalue weighted by Crippen LogP contribution is 2.32. The molecule has 3 rings (SSSR count). The Labute approximate surface area is 117 Å². The highest BCUT2D eigenvalue weighted by atomic mass is 15.1. The van der Waals surface area contributed by atoms with Crippen molar-refractivity contribution in [3.05, 3.63) is 29.8 Å². The minimum absolute atomic E-state index is 0.408. The first kappa shape index (κ1) is 13.0. The van der Waals surface area contributed by atoms with Crippen LogP contribution >= 0.6 is 0 Å². The molecule has 1 aromatic rings. The molecule has 3 unspecified atom stereocenters. The van der Waals surface area contributed by atoms with Crippen LogP contribution in [0.1, 0.15) is 38.2 Å². The van der Waals surface area contributed by atoms with E-state index in [2.05, 4.69) is 36.1 Å². The fraction of sp³-hybridized carbons (Fsp3) is 0.647. The molecule has 0 radical (unpaired) electrons. The van der Waals surface area contributed by atoms with E-state index in [9.17, 15) is 0 Å². The number of fused-ring (bicyclic) bond motifs is 1. The Hall–Kier alpha value is -1.02. The van der Waals surface area contributed by atoms with Gasteiger partial charge in [0.25, 0.3) is 0 Å². The molecule has 1 saturated carbocycles. The molecule has 2 N–H and O–H groups in total. The summed E-state index contributed by atoms with van der Waals surface area (Å²) in [7, 11) is 0. The van der Waals surface area contributed by atoms with Gasteiger partial charge in [0.15, 0.2) is 0 Å². The van der Waals surface area contributed by atoms with E-state index in [0.29, 0.717) is 12.0 Å². The van der Waals surface area contributed by atoms with Crippen LogP contribution in [0, 0.1) is 11.8 Å². The number of anilines is 1. The first-order valence-electron chi connectivity index (χ1n) is 7.82. The summed E-state index contributed by atoms with van der Waals surface area (Å²) < 4.78 is 0. The Morgan fingerprint density at radius 3 is 3.00 bits per heavy atom. The van der Waals surface area contributed by atoms with Gasteiger partial charge in [0.2, 0.25) is 0 Å². The molecule has 1 aliphatic heterocycles. The third-order valence-corrected chi connectivity index (χ3v) is 4.96. The van der Waals surface area contributed by atoms with Gasteiger partial charge in [-0.25, -0.2) is 0 Å². The summed E-state index contributed by atoms with van der Waals surface area (Å²) in [5.41, 5.74) is 9.33. The second-order valence-electron chi connectivity index (χ2n) is 6.52. The molecule has 104 valence electrons. The zero-order valence-electron chi connectivity index (χ0n) is 12.0. The molecule has 0 bridgehead atoms. The second kappa shape index (κ2) is 5.54. The number of aryl methyl sites for hydroxylation is 1. The van der Waals surface area contributed by atoms with E-state index in [1.165, 1.54) is 49.9 Å². The maximum Gasteiger partial charge on any atom is 0.0398 e. The summed E-state index contributed by atoms with van der Waals surface area (Å²) in [6, 6.07) is 9.31. The maximum atomic E-state index is 6.35. The first-order chi connectivity index (χ1) is 9.24. The molecular formula is C17H26N2. The maximum absolute atomic E-state index is 6.35. The molecule has 2 aliphatic rings. The van der Waals surface area contributed by atoms with Crippen molar-refractivity contribution in [2.45, 2.75) is 45.1 Å². The molecule has 3 atom stereocenters. The predicted molar refractivity (Wildman–Crippen MR) is 81.5 cm³/mol. The predicted octanol–water partition coefficient (Wildman–Crippen LogP) is 3.20. The van der Waals surface area contributed by atoms with Crippen LogP contribution in [-0.2, 0) is 6.42 Å². The van der Waals surface area contributed by atoms with Gasteiger partial charge in [-0.2, -0.15) is 0 Å². The number of hydrogen-bond donors (Lipinski definition) is 1. The zero-order chi connectivity index (χ0) is 13.2. The summed E-state index contributed by atoms with van der Waals surface area (Å²) >= 11 is 0. The fourth-order valence-corrected chi connectivity index (χ4v) is 3.82. The normalized spacial score (nSPS) is 31.1. The Kier molecular flexibility index (Phi) is 3.79. The highest BCUT2D eigenvalue weighted by molar-refractivity contribution is 5.55. The molecule has 19 heavy (non-hydrogen) atoms. The van der Waals surface area contributed by atoms with Crippen LogP contribution in [0.3, 0.4) is 0 Å². The van der Waals surface area contributed by atoms with Crippen molar-refractivity contribution < 1.29 is 0 Å². The van der Waals surface area contributed by atoms with Gasteiger partial charge in [-0.15, -0.1) is 0 Å². The average molecular weight is 258 g/mol. The van der Waals surface area contributed by atoms with Crippen molar-refractivity contribution >= 4 is 5.69 Å². The standard InChI is InChI=1S/C17H26N2/c1-13-8-9-16(18)15(11-13)12-19-10-4-6-14-5-2-3-7-17(14)19/h2-3,5,7,13,15-16H,4,6,8-12,18H2,1H3. The summed E-state index contributed by atoms with van der Waals surface area (Å²) in [5, 5.41) is 0. The smallest absolute Gasteiger partial charge is 0.0398 e. The SMILES string of the molecule is CC1CCC(N)C(CN2CCCc3ccccc32)C1. The van der Waals surface area contributed by atoms with Gasteiger partial charge in [0, 0.05) is 24.8 Å². The lowest BCUT2D eigenvalue weighted by Crippen LogP contribution is -2.44. The first-order valence-corrected chi connectivity index (χ1v) is 7.82. The van der Waals surface area contributed by atoms with Crippen molar-refractivity contribution in [3.8, 4) is 0 Å². The van der Waals surface area contributed by atoms with Crippen LogP contribution in [0.15, 0.2) is 24.3 Å².